The second-order valence-electron chi connectivity index (χ2n) is 5.73. The van der Waals surface area contributed by atoms with Crippen LogP contribution in [0.5, 0.6) is 0 Å². The lowest BCUT2D eigenvalue weighted by atomic mass is 10.2. The van der Waals surface area contributed by atoms with Gasteiger partial charge in [0.2, 0.25) is 5.95 Å². The van der Waals surface area contributed by atoms with Gasteiger partial charge in [-0.3, -0.25) is 25.0 Å². The predicted octanol–water partition coefficient (Wildman–Crippen LogP) is 3.39. The maximum atomic E-state index is 12.6. The summed E-state index contributed by atoms with van der Waals surface area (Å²) in [5.41, 5.74) is 6.49. The summed E-state index contributed by atoms with van der Waals surface area (Å²) in [5.74, 6) is 0.0385. The van der Waals surface area contributed by atoms with Crippen molar-refractivity contribution in [3.05, 3.63) is 69.8 Å². The highest BCUT2D eigenvalue weighted by atomic mass is 32.1. The van der Waals surface area contributed by atoms with Gasteiger partial charge in [0.1, 0.15) is 0 Å². The van der Waals surface area contributed by atoms with Gasteiger partial charge < -0.3 is 0 Å². The number of carbonyl (C=O) groups excluding carboxylic acids is 1. The number of hydrogen-bond donors (Lipinski definition) is 2. The first-order valence-corrected chi connectivity index (χ1v) is 9.09. The van der Waals surface area contributed by atoms with Crippen molar-refractivity contribution in [2.75, 3.05) is 5.43 Å². The number of fused-ring (bicyclic) bond motifs is 2. The maximum absolute atomic E-state index is 12.6. The van der Waals surface area contributed by atoms with Gasteiger partial charge in [0.05, 0.1) is 16.5 Å². The molecular weight excluding hydrogens is 348 g/mol. The van der Waals surface area contributed by atoms with Gasteiger partial charge in [0.15, 0.2) is 0 Å². The Bertz CT molecular complexity index is 1180. The number of hydrazine groups is 1. The molecule has 7 heteroatoms. The first-order chi connectivity index (χ1) is 12.7. The fourth-order valence-electron chi connectivity index (χ4n) is 2.89. The predicted molar refractivity (Wildman–Crippen MR) is 105 cm³/mol. The Morgan fingerprint density at radius 2 is 1.85 bits per heavy atom. The molecule has 4 rings (SSSR count). The maximum Gasteiger partial charge on any atom is 0.271 e. The molecule has 0 aliphatic rings. The lowest BCUT2D eigenvalue weighted by Crippen LogP contribution is -2.34. The molecule has 0 radical (unpaired) electrons. The molecule has 0 bridgehead atoms. The van der Waals surface area contributed by atoms with E-state index >= 15 is 0 Å². The molecule has 0 aliphatic carbocycles. The molecule has 2 aromatic carbocycles. The summed E-state index contributed by atoms with van der Waals surface area (Å²) >= 11 is 1.52. The van der Waals surface area contributed by atoms with Gasteiger partial charge in [-0.05, 0) is 25.1 Å². The Morgan fingerprint density at radius 1 is 1.12 bits per heavy atom. The highest BCUT2D eigenvalue weighted by Gasteiger charge is 2.14. The van der Waals surface area contributed by atoms with Gasteiger partial charge >= 0.3 is 0 Å². The summed E-state index contributed by atoms with van der Waals surface area (Å²) in [7, 11) is 0. The number of aromatic nitrogens is 2. The minimum atomic E-state index is -0.271. The molecule has 2 heterocycles. The van der Waals surface area contributed by atoms with Gasteiger partial charge in [0.25, 0.3) is 11.5 Å². The van der Waals surface area contributed by atoms with Crippen molar-refractivity contribution in [3.8, 4) is 0 Å². The fraction of sp³-hybridized carbons (Fsp3) is 0.105. The summed E-state index contributed by atoms with van der Waals surface area (Å²) in [6.45, 7) is 2.30. The standard InChI is InChI=1S/C19H16N4O2S/c1-2-23-18(25)13-8-3-5-9-15(13)20-19(23)22-21-17(24)14-11-26-16-10-6-4-7-12(14)16/h3-11H,2H2,1H3,(H,20,22)(H,21,24). The third-order valence-electron chi connectivity index (χ3n) is 4.19. The van der Waals surface area contributed by atoms with Crippen LogP contribution in [0.25, 0.3) is 21.0 Å². The smallest absolute Gasteiger partial charge is 0.271 e. The Labute approximate surface area is 153 Å². The number of para-hydroxylation sites is 1. The number of amides is 1. The summed E-state index contributed by atoms with van der Waals surface area (Å²) in [6.07, 6.45) is 0. The van der Waals surface area contributed by atoms with Crippen LogP contribution >= 0.6 is 11.3 Å². The third kappa shape index (κ3) is 2.72. The van der Waals surface area contributed by atoms with Gasteiger partial charge in [-0.2, -0.15) is 0 Å². The quantitative estimate of drug-likeness (QED) is 0.544. The second kappa shape index (κ2) is 6.61. The zero-order chi connectivity index (χ0) is 18.1. The van der Waals surface area contributed by atoms with Crippen molar-refractivity contribution >= 4 is 44.2 Å². The molecule has 6 nitrogen and oxygen atoms in total. The van der Waals surface area contributed by atoms with Crippen molar-refractivity contribution in [1.82, 2.24) is 15.0 Å². The zero-order valence-corrected chi connectivity index (χ0v) is 14.8. The highest BCUT2D eigenvalue weighted by molar-refractivity contribution is 7.17. The molecule has 130 valence electrons. The van der Waals surface area contributed by atoms with Crippen LogP contribution in [0.4, 0.5) is 5.95 Å². The number of benzene rings is 2. The summed E-state index contributed by atoms with van der Waals surface area (Å²) < 4.78 is 2.54. The largest absolute Gasteiger partial charge is 0.277 e. The van der Waals surface area contributed by atoms with E-state index in [2.05, 4.69) is 15.8 Å². The first-order valence-electron chi connectivity index (χ1n) is 8.21. The SMILES string of the molecule is CCn1c(NNC(=O)c2csc3ccccc23)nc2ccccc2c1=O. The molecule has 0 saturated carbocycles. The van der Waals surface area contributed by atoms with Crippen LogP contribution in [0.3, 0.4) is 0 Å². The molecule has 1 amide bonds. The zero-order valence-electron chi connectivity index (χ0n) is 14.0. The Kier molecular flexibility index (Phi) is 4.14. The van der Waals surface area contributed by atoms with Crippen molar-refractivity contribution in [2.45, 2.75) is 13.5 Å². The first kappa shape index (κ1) is 16.3. The van der Waals surface area contributed by atoms with Crippen LogP contribution < -0.4 is 16.4 Å². The van der Waals surface area contributed by atoms with Gasteiger partial charge in [-0.15, -0.1) is 11.3 Å². The average Bonchev–Trinajstić information content (AvgIpc) is 3.10. The molecule has 0 fully saturated rings. The van der Waals surface area contributed by atoms with E-state index in [1.807, 2.05) is 48.7 Å². The third-order valence-corrected chi connectivity index (χ3v) is 5.15. The molecular formula is C19H16N4O2S. The van der Waals surface area contributed by atoms with E-state index in [1.54, 1.807) is 12.1 Å². The molecule has 4 aromatic rings. The number of carbonyl (C=O) groups is 1. The summed E-state index contributed by atoms with van der Waals surface area (Å²) in [4.78, 5) is 29.6. The number of thiophene rings is 1. The molecule has 0 atom stereocenters. The molecule has 2 N–H and O–H groups in total. The van der Waals surface area contributed by atoms with E-state index in [0.717, 1.165) is 10.1 Å². The number of hydrogen-bond acceptors (Lipinski definition) is 5. The monoisotopic (exact) mass is 364 g/mol. The molecule has 2 aromatic heterocycles. The lowest BCUT2D eigenvalue weighted by molar-refractivity contribution is 0.0964. The number of nitrogens with zero attached hydrogens (tertiary/aromatic N) is 2. The number of rotatable bonds is 4. The minimum absolute atomic E-state index is 0.143. The van der Waals surface area contributed by atoms with E-state index in [4.69, 9.17) is 0 Å². The van der Waals surface area contributed by atoms with Gasteiger partial charge in [-0.1, -0.05) is 30.3 Å². The average molecular weight is 364 g/mol. The van der Waals surface area contributed by atoms with Crippen LogP contribution in [0.2, 0.25) is 0 Å². The molecule has 0 aliphatic heterocycles. The van der Waals surface area contributed by atoms with Gasteiger partial charge in [-0.25, -0.2) is 4.98 Å². The van der Waals surface area contributed by atoms with E-state index < -0.39 is 0 Å². The molecule has 0 unspecified atom stereocenters. The Hall–Kier alpha value is -3.19. The molecule has 26 heavy (non-hydrogen) atoms. The molecule has 0 spiro atoms. The van der Waals surface area contributed by atoms with Crippen molar-refractivity contribution in [1.29, 1.82) is 0 Å². The normalized spacial score (nSPS) is 11.0. The van der Waals surface area contributed by atoms with Crippen LogP contribution in [-0.2, 0) is 6.54 Å². The Balaban J connectivity index is 1.65. The highest BCUT2D eigenvalue weighted by Crippen LogP contribution is 2.25. The van der Waals surface area contributed by atoms with Crippen molar-refractivity contribution in [3.63, 3.8) is 0 Å². The van der Waals surface area contributed by atoms with Crippen LogP contribution in [0.1, 0.15) is 17.3 Å². The van der Waals surface area contributed by atoms with Crippen LogP contribution in [0, 0.1) is 0 Å². The topological polar surface area (TPSA) is 76.0 Å². The van der Waals surface area contributed by atoms with E-state index in [9.17, 15) is 9.59 Å². The Morgan fingerprint density at radius 3 is 2.65 bits per heavy atom. The number of anilines is 1. The van der Waals surface area contributed by atoms with Crippen LogP contribution in [-0.4, -0.2) is 15.5 Å². The second-order valence-corrected chi connectivity index (χ2v) is 6.64. The summed E-state index contributed by atoms with van der Waals surface area (Å²) in [5, 5.41) is 3.27. The number of nitrogens with one attached hydrogen (secondary N) is 2. The van der Waals surface area contributed by atoms with E-state index in [-0.39, 0.29) is 11.5 Å². The van der Waals surface area contributed by atoms with Crippen molar-refractivity contribution < 1.29 is 4.79 Å². The summed E-state index contributed by atoms with van der Waals surface area (Å²) in [6, 6.07) is 14.9. The van der Waals surface area contributed by atoms with Gasteiger partial charge in [0, 0.05) is 22.0 Å². The lowest BCUT2D eigenvalue weighted by Gasteiger charge is -2.13. The minimum Gasteiger partial charge on any atom is -0.277 e. The molecule has 0 saturated heterocycles. The fourth-order valence-corrected chi connectivity index (χ4v) is 3.83. The van der Waals surface area contributed by atoms with Crippen molar-refractivity contribution in [2.24, 2.45) is 0 Å². The van der Waals surface area contributed by atoms with Crippen LogP contribution in [0.15, 0.2) is 58.7 Å². The van der Waals surface area contributed by atoms with E-state index in [0.29, 0.717) is 29.0 Å². The van der Waals surface area contributed by atoms with E-state index in [1.165, 1.54) is 15.9 Å².